The second-order valence-electron chi connectivity index (χ2n) is 13.7. The maximum absolute atomic E-state index is 15.2. The van der Waals surface area contributed by atoms with Crippen molar-refractivity contribution in [2.75, 3.05) is 0 Å². The summed E-state index contributed by atoms with van der Waals surface area (Å²) in [5.74, 6) is -61.7. The highest BCUT2D eigenvalue weighted by Crippen LogP contribution is 2.60. The van der Waals surface area contributed by atoms with Crippen LogP contribution in [0, 0.1) is 0 Å². The average molecular weight is 925 g/mol. The fraction of sp³-hybridized carbons (Fsp3) is 0.316. The first-order chi connectivity index (χ1) is 28.1. The van der Waals surface area contributed by atoms with Crippen LogP contribution in [-0.4, -0.2) is 59.7 Å². The molecule has 0 bridgehead atoms. The molecule has 2 aromatic heterocycles. The summed E-state index contributed by atoms with van der Waals surface area (Å²) in [5.41, 5.74) is -3.29. The fourth-order valence-corrected chi connectivity index (χ4v) is 6.60. The number of furan rings is 2. The maximum Gasteiger partial charge on any atom is 0.460 e. The summed E-state index contributed by atoms with van der Waals surface area (Å²) in [4.78, 5) is 0. The Morgan fingerprint density at radius 3 is 0.887 bits per heavy atom. The fourth-order valence-electron chi connectivity index (χ4n) is 6.60. The molecule has 0 spiro atoms. The Morgan fingerprint density at radius 1 is 0.323 bits per heavy atom. The van der Waals surface area contributed by atoms with Crippen molar-refractivity contribution >= 4 is 32.7 Å². The first kappa shape index (κ1) is 46.2. The van der Waals surface area contributed by atoms with E-state index >= 15 is 17.6 Å². The summed E-state index contributed by atoms with van der Waals surface area (Å²) in [5, 5.41) is -1.59. The second kappa shape index (κ2) is 14.1. The standard InChI is InChI=1S/C38H18F22O2/c39-29(40,31(43,44)33(47,48)35(51,52)37(55,56)57)15-23-25(17-7-3-1-4-8-17)27-19-11-14-22-28(20(19)12-13-21(27)61-23)26(18-9-5-2-6-10-18)24(62-22)16-30(41,42)32(45,46)34(49,50)36(53,54)38(58,59)60/h1-14H,15-16H2. The number of rotatable bonds is 12. The van der Waals surface area contributed by atoms with E-state index in [4.69, 9.17) is 8.83 Å². The summed E-state index contributed by atoms with van der Waals surface area (Å²) in [6, 6.07) is 15.1. The molecule has 0 aliphatic rings. The van der Waals surface area contributed by atoms with Crippen LogP contribution < -0.4 is 0 Å². The van der Waals surface area contributed by atoms with Gasteiger partial charge in [0.1, 0.15) is 22.7 Å². The molecule has 0 aliphatic carbocycles. The van der Waals surface area contributed by atoms with E-state index in [0.717, 1.165) is 48.5 Å². The Morgan fingerprint density at radius 2 is 0.613 bits per heavy atom. The molecule has 6 aromatic rings. The number of hydrogen-bond acceptors (Lipinski definition) is 2. The van der Waals surface area contributed by atoms with E-state index in [0.29, 0.717) is 0 Å². The van der Waals surface area contributed by atoms with Gasteiger partial charge < -0.3 is 8.83 Å². The summed E-state index contributed by atoms with van der Waals surface area (Å²) in [6.45, 7) is 0. The number of halogens is 22. The van der Waals surface area contributed by atoms with Gasteiger partial charge in [-0.3, -0.25) is 0 Å². The van der Waals surface area contributed by atoms with Gasteiger partial charge in [-0.05, 0) is 46.2 Å². The quantitative estimate of drug-likeness (QED) is 0.114. The Hall–Kier alpha value is -5.32. The lowest BCUT2D eigenvalue weighted by molar-refractivity contribution is -0.422. The lowest BCUT2D eigenvalue weighted by Crippen LogP contribution is -2.66. The second-order valence-corrected chi connectivity index (χ2v) is 13.7. The van der Waals surface area contributed by atoms with Crippen LogP contribution in [0.4, 0.5) is 96.6 Å². The highest BCUT2D eigenvalue weighted by Gasteiger charge is 2.88. The van der Waals surface area contributed by atoms with Gasteiger partial charge in [-0.1, -0.05) is 60.7 Å². The number of alkyl halides is 22. The molecule has 0 aliphatic heterocycles. The largest absolute Gasteiger partial charge is 0.460 e. The number of benzene rings is 4. The molecule has 24 heteroatoms. The SMILES string of the molecule is FC(F)(F)C(F)(F)C(F)(F)C(F)(F)C(F)(F)Cc1oc2ccc3c(ccc4oc(CC(F)(F)C(F)(F)C(F)(F)C(F)(F)C(F)(F)F)c(-c5ccccc5)c43)c2c1-c1ccccc1. The highest BCUT2D eigenvalue weighted by atomic mass is 19.4. The van der Waals surface area contributed by atoms with Gasteiger partial charge in [0.2, 0.25) is 0 Å². The van der Waals surface area contributed by atoms with Crippen LogP contribution in [0.3, 0.4) is 0 Å². The molecule has 336 valence electrons. The summed E-state index contributed by atoms with van der Waals surface area (Å²) in [7, 11) is 0. The Balaban J connectivity index is 1.60. The van der Waals surface area contributed by atoms with Crippen LogP contribution in [-0.2, 0) is 12.8 Å². The van der Waals surface area contributed by atoms with Crippen molar-refractivity contribution in [3.63, 3.8) is 0 Å². The first-order valence-electron chi connectivity index (χ1n) is 16.8. The third-order valence-corrected chi connectivity index (χ3v) is 9.75. The van der Waals surface area contributed by atoms with Crippen LogP contribution in [0.2, 0.25) is 0 Å². The van der Waals surface area contributed by atoms with E-state index in [-0.39, 0.29) is 21.9 Å². The third-order valence-electron chi connectivity index (χ3n) is 9.75. The molecule has 0 unspecified atom stereocenters. The zero-order chi connectivity index (χ0) is 46.7. The van der Waals surface area contributed by atoms with Gasteiger partial charge in [0.25, 0.3) is 0 Å². The van der Waals surface area contributed by atoms with E-state index in [2.05, 4.69) is 0 Å². The Kier molecular flexibility index (Phi) is 10.5. The van der Waals surface area contributed by atoms with Crippen molar-refractivity contribution in [1.29, 1.82) is 0 Å². The van der Waals surface area contributed by atoms with Crippen molar-refractivity contribution in [2.24, 2.45) is 0 Å². The van der Waals surface area contributed by atoms with Gasteiger partial charge in [0, 0.05) is 21.9 Å². The maximum atomic E-state index is 15.2. The van der Waals surface area contributed by atoms with E-state index in [1.807, 2.05) is 0 Å². The highest BCUT2D eigenvalue weighted by molar-refractivity contribution is 6.23. The molecule has 6 rings (SSSR count). The van der Waals surface area contributed by atoms with E-state index in [1.54, 1.807) is 0 Å². The predicted octanol–water partition coefficient (Wildman–Crippen LogP) is 15.0. The number of fused-ring (bicyclic) bond motifs is 5. The Labute approximate surface area is 329 Å². The topological polar surface area (TPSA) is 26.3 Å². The summed E-state index contributed by atoms with van der Waals surface area (Å²) < 4.78 is 318. The minimum absolute atomic E-state index is 0.296. The van der Waals surface area contributed by atoms with Crippen molar-refractivity contribution < 1.29 is 105 Å². The van der Waals surface area contributed by atoms with Gasteiger partial charge in [-0.25, -0.2) is 0 Å². The van der Waals surface area contributed by atoms with Crippen molar-refractivity contribution in [1.82, 2.24) is 0 Å². The smallest absolute Gasteiger partial charge is 0.460 e. The normalized spacial score (nSPS) is 14.7. The van der Waals surface area contributed by atoms with E-state index in [1.165, 1.54) is 36.4 Å². The Bertz CT molecular complexity index is 2440. The van der Waals surface area contributed by atoms with Crippen LogP contribution in [0.25, 0.3) is 55.0 Å². The monoisotopic (exact) mass is 924 g/mol. The molecule has 2 heterocycles. The molecule has 0 radical (unpaired) electrons. The van der Waals surface area contributed by atoms with Gasteiger partial charge in [0.05, 0.1) is 12.8 Å². The number of hydrogen-bond donors (Lipinski definition) is 0. The molecular formula is C38H18F22O2. The van der Waals surface area contributed by atoms with E-state index < -0.39 is 117 Å². The molecule has 2 nitrogen and oxygen atoms in total. The average Bonchev–Trinajstić information content (AvgIpc) is 3.71. The summed E-state index contributed by atoms with van der Waals surface area (Å²) >= 11 is 0. The van der Waals surface area contributed by atoms with Crippen molar-refractivity contribution in [2.45, 2.75) is 72.6 Å². The molecule has 4 aromatic carbocycles. The third kappa shape index (κ3) is 6.59. The van der Waals surface area contributed by atoms with Crippen LogP contribution in [0.1, 0.15) is 11.5 Å². The minimum atomic E-state index is -7.78. The molecule has 0 N–H and O–H groups in total. The zero-order valence-corrected chi connectivity index (χ0v) is 29.6. The molecule has 0 saturated carbocycles. The van der Waals surface area contributed by atoms with Gasteiger partial charge >= 0.3 is 59.7 Å². The first-order valence-corrected chi connectivity index (χ1v) is 16.8. The predicted molar refractivity (Wildman–Crippen MR) is 173 cm³/mol. The minimum Gasteiger partial charge on any atom is -0.460 e. The van der Waals surface area contributed by atoms with Crippen LogP contribution in [0.5, 0.6) is 0 Å². The molecule has 62 heavy (non-hydrogen) atoms. The lowest BCUT2D eigenvalue weighted by Gasteiger charge is -2.37. The van der Waals surface area contributed by atoms with Crippen molar-refractivity contribution in [3.05, 3.63) is 96.4 Å². The molecule has 0 atom stereocenters. The van der Waals surface area contributed by atoms with Gasteiger partial charge in [-0.2, -0.15) is 96.6 Å². The van der Waals surface area contributed by atoms with Gasteiger partial charge in [-0.15, -0.1) is 0 Å². The summed E-state index contributed by atoms with van der Waals surface area (Å²) in [6.07, 6.45) is -20.5. The lowest BCUT2D eigenvalue weighted by atomic mass is 9.90. The van der Waals surface area contributed by atoms with Gasteiger partial charge in [0.15, 0.2) is 0 Å². The zero-order valence-electron chi connectivity index (χ0n) is 29.6. The molecule has 0 amide bonds. The molecule has 0 fully saturated rings. The van der Waals surface area contributed by atoms with Crippen molar-refractivity contribution in [3.8, 4) is 22.3 Å². The molecular weight excluding hydrogens is 906 g/mol. The van der Waals surface area contributed by atoms with E-state index in [9.17, 15) is 79.0 Å². The molecule has 0 saturated heterocycles. The van der Waals surface area contributed by atoms with Crippen LogP contribution >= 0.6 is 0 Å². The van der Waals surface area contributed by atoms with Crippen LogP contribution in [0.15, 0.2) is 93.8 Å².